The summed E-state index contributed by atoms with van der Waals surface area (Å²) in [4.78, 5) is 26.7. The number of piperazine rings is 1. The van der Waals surface area contributed by atoms with Gasteiger partial charge in [0.25, 0.3) is 5.91 Å². The zero-order chi connectivity index (χ0) is 30.0. The second kappa shape index (κ2) is 12.2. The molecule has 0 saturated carbocycles. The van der Waals surface area contributed by atoms with Crippen molar-refractivity contribution in [1.82, 2.24) is 40.0 Å². The Labute approximate surface area is 251 Å². The minimum Gasteiger partial charge on any atom is -0.436 e. The Bertz CT molecular complexity index is 1750. The smallest absolute Gasteiger partial charge is 0.350 e. The second-order valence-corrected chi connectivity index (χ2v) is 11.1. The number of pyridine rings is 1. The molecule has 1 unspecified atom stereocenters. The van der Waals surface area contributed by atoms with Crippen LogP contribution in [-0.2, 0) is 11.2 Å². The van der Waals surface area contributed by atoms with Crippen molar-refractivity contribution < 1.29 is 22.7 Å². The quantitative estimate of drug-likeness (QED) is 0.256. The molecule has 44 heavy (non-hydrogen) atoms. The van der Waals surface area contributed by atoms with E-state index in [1.54, 1.807) is 23.2 Å². The van der Waals surface area contributed by atoms with Gasteiger partial charge in [0.15, 0.2) is 11.4 Å². The number of halogens is 2. The molecule has 2 aliphatic rings. The maximum Gasteiger partial charge on any atom is 0.350 e. The fourth-order valence-corrected chi connectivity index (χ4v) is 5.91. The lowest BCUT2D eigenvalue weighted by Gasteiger charge is -2.38. The van der Waals surface area contributed by atoms with Crippen molar-refractivity contribution in [3.8, 4) is 11.5 Å². The average molecular weight is 601 g/mol. The summed E-state index contributed by atoms with van der Waals surface area (Å²) in [7, 11) is 0. The highest BCUT2D eigenvalue weighted by atomic mass is 19.3. The summed E-state index contributed by atoms with van der Waals surface area (Å²) in [6, 6.07) is 18.5. The molecule has 226 valence electrons. The first-order chi connectivity index (χ1) is 21.5. The fourth-order valence-electron chi connectivity index (χ4n) is 5.91. The molecular weight excluding hydrogens is 570 g/mol. The Morgan fingerprint density at radius 2 is 1.86 bits per heavy atom. The number of fused-ring (bicyclic) bond motifs is 1. The molecule has 11 nitrogen and oxygen atoms in total. The number of aromatic nitrogens is 6. The predicted molar refractivity (Wildman–Crippen MR) is 155 cm³/mol. The molecule has 0 spiro atoms. The van der Waals surface area contributed by atoms with E-state index in [1.165, 1.54) is 5.56 Å². The Morgan fingerprint density at radius 3 is 2.61 bits per heavy atom. The number of nitrogens with zero attached hydrogens (tertiary/aromatic N) is 8. The van der Waals surface area contributed by atoms with Gasteiger partial charge in [-0.2, -0.15) is 8.78 Å². The van der Waals surface area contributed by atoms with Crippen LogP contribution in [-0.4, -0.2) is 85.3 Å². The molecular formula is C31H30F2N8O3. The average Bonchev–Trinajstić information content (AvgIpc) is 3.84. The van der Waals surface area contributed by atoms with Gasteiger partial charge >= 0.3 is 6.55 Å². The molecule has 13 heteroatoms. The lowest BCUT2D eigenvalue weighted by atomic mass is 9.99. The monoisotopic (exact) mass is 600 g/mol. The van der Waals surface area contributed by atoms with E-state index in [4.69, 9.17) is 14.1 Å². The van der Waals surface area contributed by atoms with Crippen LogP contribution in [0.4, 0.5) is 8.78 Å². The van der Waals surface area contributed by atoms with Crippen molar-refractivity contribution in [2.24, 2.45) is 5.92 Å². The zero-order valence-corrected chi connectivity index (χ0v) is 23.8. The van der Waals surface area contributed by atoms with E-state index < -0.39 is 12.6 Å². The number of ether oxygens (including phenoxy) is 1. The van der Waals surface area contributed by atoms with Crippen LogP contribution in [0.1, 0.15) is 46.5 Å². The summed E-state index contributed by atoms with van der Waals surface area (Å²) >= 11 is 0. The maximum atomic E-state index is 13.5. The van der Waals surface area contributed by atoms with Crippen LogP contribution in [0.25, 0.3) is 22.6 Å². The Kier molecular flexibility index (Phi) is 7.79. The predicted octanol–water partition coefficient (Wildman–Crippen LogP) is 4.40. The molecule has 7 rings (SSSR count). The summed E-state index contributed by atoms with van der Waals surface area (Å²) in [6.07, 6.45) is 3.60. The Balaban J connectivity index is 1.05. The lowest BCUT2D eigenvalue weighted by Crippen LogP contribution is -2.50. The van der Waals surface area contributed by atoms with Crippen LogP contribution in [0.2, 0.25) is 0 Å². The number of hydrogen-bond donors (Lipinski definition) is 0. The van der Waals surface area contributed by atoms with E-state index in [9.17, 15) is 13.6 Å². The molecule has 2 aromatic carbocycles. The molecule has 1 amide bonds. The molecule has 0 aliphatic carbocycles. The molecule has 0 N–H and O–H groups in total. The van der Waals surface area contributed by atoms with Gasteiger partial charge in [0, 0.05) is 51.2 Å². The van der Waals surface area contributed by atoms with Crippen molar-refractivity contribution >= 4 is 17.0 Å². The summed E-state index contributed by atoms with van der Waals surface area (Å²) in [5.41, 5.74) is 4.47. The van der Waals surface area contributed by atoms with Crippen molar-refractivity contribution in [3.05, 3.63) is 89.5 Å². The first-order valence-corrected chi connectivity index (χ1v) is 14.6. The number of benzene rings is 2. The number of carbonyl (C=O) groups excluding carboxylic acids is 1. The molecule has 0 bridgehead atoms. The van der Waals surface area contributed by atoms with Crippen LogP contribution < -0.4 is 0 Å². The van der Waals surface area contributed by atoms with E-state index in [-0.39, 0.29) is 11.7 Å². The van der Waals surface area contributed by atoms with Gasteiger partial charge in [0.1, 0.15) is 11.2 Å². The molecule has 0 radical (unpaired) electrons. The van der Waals surface area contributed by atoms with E-state index in [0.29, 0.717) is 59.6 Å². The van der Waals surface area contributed by atoms with Crippen molar-refractivity contribution in [2.45, 2.75) is 25.4 Å². The second-order valence-electron chi connectivity index (χ2n) is 11.1. The molecule has 2 aliphatic heterocycles. The van der Waals surface area contributed by atoms with Crippen molar-refractivity contribution in [3.63, 3.8) is 0 Å². The molecule has 2 fully saturated rings. The summed E-state index contributed by atoms with van der Waals surface area (Å²) < 4.78 is 37.9. The third kappa shape index (κ3) is 5.80. The maximum absolute atomic E-state index is 13.5. The molecule has 5 heterocycles. The van der Waals surface area contributed by atoms with Crippen LogP contribution in [0.3, 0.4) is 0 Å². The van der Waals surface area contributed by atoms with Gasteiger partial charge in [-0.3, -0.25) is 14.7 Å². The van der Waals surface area contributed by atoms with Crippen LogP contribution >= 0.6 is 0 Å². The van der Waals surface area contributed by atoms with E-state index in [1.807, 2.05) is 36.4 Å². The minimum atomic E-state index is -2.88. The number of rotatable bonds is 8. The van der Waals surface area contributed by atoms with Gasteiger partial charge in [0.05, 0.1) is 6.04 Å². The molecule has 2 saturated heterocycles. The summed E-state index contributed by atoms with van der Waals surface area (Å²) in [5, 5.41) is 11.4. The number of hydrogen-bond acceptors (Lipinski definition) is 9. The number of alkyl halides is 2. The van der Waals surface area contributed by atoms with Gasteiger partial charge in [0.2, 0.25) is 5.89 Å². The highest BCUT2D eigenvalue weighted by Crippen LogP contribution is 2.29. The van der Waals surface area contributed by atoms with Crippen LogP contribution in [0, 0.1) is 5.92 Å². The molecule has 2 atom stereocenters. The number of amides is 1. The topological polar surface area (TPSA) is 115 Å². The first-order valence-electron chi connectivity index (χ1n) is 14.6. The van der Waals surface area contributed by atoms with Gasteiger partial charge < -0.3 is 14.1 Å². The number of carbonyl (C=O) groups is 1. The van der Waals surface area contributed by atoms with Crippen LogP contribution in [0.15, 0.2) is 71.3 Å². The normalized spacial score (nSPS) is 18.3. The summed E-state index contributed by atoms with van der Waals surface area (Å²) in [5.74, 6) is 0.930. The van der Waals surface area contributed by atoms with E-state index in [0.717, 1.165) is 37.1 Å². The van der Waals surface area contributed by atoms with Crippen molar-refractivity contribution in [1.29, 1.82) is 0 Å². The Hall–Kier alpha value is -4.62. The van der Waals surface area contributed by atoms with Crippen LogP contribution in [0.5, 0.6) is 0 Å². The van der Waals surface area contributed by atoms with E-state index >= 15 is 0 Å². The number of oxazole rings is 1. The number of tetrazole rings is 1. The van der Waals surface area contributed by atoms with E-state index in [2.05, 4.69) is 37.4 Å². The third-order valence-corrected chi connectivity index (χ3v) is 8.17. The zero-order valence-electron chi connectivity index (χ0n) is 23.8. The third-order valence-electron chi connectivity index (χ3n) is 8.17. The highest BCUT2D eigenvalue weighted by molar-refractivity contribution is 5.93. The van der Waals surface area contributed by atoms with Gasteiger partial charge in [-0.05, 0) is 59.4 Å². The van der Waals surface area contributed by atoms with Crippen molar-refractivity contribution in [2.75, 3.05) is 39.4 Å². The largest absolute Gasteiger partial charge is 0.436 e. The molecule has 5 aromatic rings. The van der Waals surface area contributed by atoms with Gasteiger partial charge in [-0.15, -0.1) is 10.2 Å². The lowest BCUT2D eigenvalue weighted by molar-refractivity contribution is 0.0385. The first kappa shape index (κ1) is 28.2. The fraction of sp³-hybridized carbons (Fsp3) is 0.355. The SMILES string of the molecule is O=C(c1cc(-c2nc3cc(C[C@H]4CCOC4)ccc3o2)ccn1)N1CCN(C(c2ccccc2)c2nnn(C(F)F)n2)CC1. The Morgan fingerprint density at radius 1 is 1.02 bits per heavy atom. The highest BCUT2D eigenvalue weighted by Gasteiger charge is 2.32. The van der Waals surface area contributed by atoms with Gasteiger partial charge in [-0.1, -0.05) is 41.2 Å². The summed E-state index contributed by atoms with van der Waals surface area (Å²) in [6.45, 7) is 0.515. The standard InChI is InChI=1S/C31H30F2N8O3/c32-31(33)41-37-28(36-38-41)27(22-4-2-1-3-5-22)39-11-13-40(14-12-39)30(42)25-18-23(8-10-34-25)29-35-24-17-20(6-7-26(24)44-29)16-21-9-15-43-19-21/h1-8,10,17-18,21,27,31H,9,11-16,19H2/t21-,27?/m1/s1. The minimum absolute atomic E-state index is 0.184. The van der Waals surface area contributed by atoms with Gasteiger partial charge in [-0.25, -0.2) is 4.98 Å². The molecule has 3 aromatic heterocycles.